The molecule has 1 saturated heterocycles. The summed E-state index contributed by atoms with van der Waals surface area (Å²) in [7, 11) is 0. The van der Waals surface area contributed by atoms with Gasteiger partial charge in [0, 0.05) is 38.3 Å². The number of nitrogens with zero attached hydrogens (tertiary/aromatic N) is 5. The highest BCUT2D eigenvalue weighted by molar-refractivity contribution is 5.86. The number of hydrogen-bond donors (Lipinski definition) is 0. The molecule has 1 aliphatic heterocycles. The van der Waals surface area contributed by atoms with Gasteiger partial charge in [0.1, 0.15) is 18.1 Å². The lowest BCUT2D eigenvalue weighted by Gasteiger charge is -2.34. The van der Waals surface area contributed by atoms with Crippen LogP contribution in [0.1, 0.15) is 23.2 Å². The number of benzene rings is 1. The lowest BCUT2D eigenvalue weighted by molar-refractivity contribution is -0.133. The molecule has 10 heteroatoms. The molecule has 4 heterocycles. The molecule has 1 aliphatic rings. The number of alkyl halides is 2. The van der Waals surface area contributed by atoms with Crippen LogP contribution < -0.4 is 0 Å². The maximum absolute atomic E-state index is 13.9. The van der Waals surface area contributed by atoms with E-state index in [-0.39, 0.29) is 40.6 Å². The van der Waals surface area contributed by atoms with E-state index < -0.39 is 6.43 Å². The van der Waals surface area contributed by atoms with Crippen molar-refractivity contribution in [3.63, 3.8) is 0 Å². The first-order valence-electron chi connectivity index (χ1n) is 11.3. The number of carbonyl (C=O) groups is 1. The highest BCUT2D eigenvalue weighted by Gasteiger charge is 2.25. The molecule has 35 heavy (non-hydrogen) atoms. The van der Waals surface area contributed by atoms with E-state index in [4.69, 9.17) is 4.42 Å². The number of pyridine rings is 1. The normalized spacial score (nSPS) is 14.8. The number of amides is 1. The van der Waals surface area contributed by atoms with Gasteiger partial charge in [0.2, 0.25) is 5.91 Å². The molecule has 0 radical (unpaired) electrons. The zero-order chi connectivity index (χ0) is 24.5. The van der Waals surface area contributed by atoms with Gasteiger partial charge in [-0.1, -0.05) is 12.1 Å². The number of aryl methyl sites for hydroxylation is 1. The predicted octanol–water partition coefficient (Wildman–Crippen LogP) is 4.42. The van der Waals surface area contributed by atoms with Crippen LogP contribution >= 0.6 is 0 Å². The summed E-state index contributed by atoms with van der Waals surface area (Å²) in [6, 6.07) is 11.1. The Balaban J connectivity index is 1.33. The summed E-state index contributed by atoms with van der Waals surface area (Å²) in [4.78, 5) is 21.5. The Labute approximate surface area is 199 Å². The number of halogens is 3. The Hall–Kier alpha value is -3.66. The van der Waals surface area contributed by atoms with E-state index in [1.165, 1.54) is 29.1 Å². The van der Waals surface area contributed by atoms with Crippen molar-refractivity contribution in [1.29, 1.82) is 0 Å². The van der Waals surface area contributed by atoms with Gasteiger partial charge in [0.05, 0.1) is 17.3 Å². The molecule has 1 aromatic carbocycles. The molecule has 1 amide bonds. The monoisotopic (exact) mass is 483 g/mol. The zero-order valence-electron chi connectivity index (χ0n) is 19.1. The molecule has 1 fully saturated rings. The molecular weight excluding hydrogens is 459 g/mol. The Bertz CT molecular complexity index is 1340. The van der Waals surface area contributed by atoms with Crippen LogP contribution in [0.2, 0.25) is 0 Å². The van der Waals surface area contributed by atoms with Gasteiger partial charge in [0.15, 0.2) is 11.4 Å². The first-order valence-corrected chi connectivity index (χ1v) is 11.3. The van der Waals surface area contributed by atoms with Gasteiger partial charge in [0.25, 0.3) is 6.43 Å². The van der Waals surface area contributed by atoms with Crippen LogP contribution in [0, 0.1) is 12.7 Å². The van der Waals surface area contributed by atoms with Crippen molar-refractivity contribution < 1.29 is 22.4 Å². The van der Waals surface area contributed by atoms with E-state index in [1.807, 2.05) is 6.07 Å². The Morgan fingerprint density at radius 3 is 2.60 bits per heavy atom. The molecule has 0 spiro atoms. The Kier molecular flexibility index (Phi) is 6.29. The van der Waals surface area contributed by atoms with Crippen LogP contribution in [0.15, 0.2) is 53.1 Å². The van der Waals surface area contributed by atoms with Gasteiger partial charge in [-0.05, 0) is 42.8 Å². The fraction of sp³-hybridized carbons (Fsp3) is 0.320. The molecule has 5 rings (SSSR count). The Morgan fingerprint density at radius 2 is 1.91 bits per heavy atom. The summed E-state index contributed by atoms with van der Waals surface area (Å²) in [5.74, 6) is -0.0691. The number of piperazine rings is 1. The molecule has 0 unspecified atom stereocenters. The number of hydrogen-bond acceptors (Lipinski definition) is 5. The second-order valence-electron chi connectivity index (χ2n) is 8.60. The molecule has 4 aromatic rings. The average molecular weight is 483 g/mol. The number of furan rings is 1. The van der Waals surface area contributed by atoms with Crippen molar-refractivity contribution in [3.05, 3.63) is 71.4 Å². The summed E-state index contributed by atoms with van der Waals surface area (Å²) >= 11 is 0. The fourth-order valence-corrected chi connectivity index (χ4v) is 4.50. The lowest BCUT2D eigenvalue weighted by Crippen LogP contribution is -2.49. The van der Waals surface area contributed by atoms with Gasteiger partial charge >= 0.3 is 0 Å². The van der Waals surface area contributed by atoms with E-state index in [2.05, 4.69) is 15.0 Å². The second-order valence-corrected chi connectivity index (χ2v) is 8.60. The number of aromatic nitrogens is 3. The molecule has 7 nitrogen and oxygen atoms in total. The molecule has 0 N–H and O–H groups in total. The molecule has 0 bridgehead atoms. The number of rotatable bonds is 6. The molecule has 0 aliphatic carbocycles. The summed E-state index contributed by atoms with van der Waals surface area (Å²) < 4.78 is 48.0. The first-order chi connectivity index (χ1) is 16.9. The van der Waals surface area contributed by atoms with E-state index in [0.29, 0.717) is 44.2 Å². The number of fused-ring (bicyclic) bond motifs is 1. The molecular formula is C25H24F3N5O2. The van der Waals surface area contributed by atoms with Crippen LogP contribution in [-0.2, 0) is 17.9 Å². The molecule has 3 aromatic heterocycles. The third-order valence-electron chi connectivity index (χ3n) is 6.22. The van der Waals surface area contributed by atoms with Crippen molar-refractivity contribution in [2.75, 3.05) is 26.2 Å². The van der Waals surface area contributed by atoms with Crippen LogP contribution in [-0.4, -0.2) is 56.7 Å². The van der Waals surface area contributed by atoms with Crippen molar-refractivity contribution in [2.24, 2.45) is 0 Å². The van der Waals surface area contributed by atoms with Gasteiger partial charge in [-0.15, -0.1) is 0 Å². The third-order valence-corrected chi connectivity index (χ3v) is 6.22. The van der Waals surface area contributed by atoms with Crippen LogP contribution in [0.5, 0.6) is 0 Å². The van der Waals surface area contributed by atoms with E-state index in [0.717, 1.165) is 5.56 Å². The van der Waals surface area contributed by atoms with Crippen LogP contribution in [0.4, 0.5) is 13.2 Å². The number of carbonyl (C=O) groups excluding carboxylic acids is 1. The topological polar surface area (TPSA) is 67.4 Å². The lowest BCUT2D eigenvalue weighted by atomic mass is 10.1. The standard InChI is InChI=1S/C25H24F3N5O2/c1-16-23-19(24(27)28)13-20(21-6-3-11-35-21)29-25(23)33(30-16)15-22(34)32-9-7-31(8-10-32)14-17-4-2-5-18(26)12-17/h2-6,11-13,24H,7-10,14-15H2,1H3. The second kappa shape index (κ2) is 9.53. The van der Waals surface area contributed by atoms with E-state index >= 15 is 0 Å². The van der Waals surface area contributed by atoms with Gasteiger partial charge in [-0.3, -0.25) is 9.69 Å². The minimum Gasteiger partial charge on any atom is -0.463 e. The highest BCUT2D eigenvalue weighted by Crippen LogP contribution is 2.33. The SMILES string of the molecule is Cc1nn(CC(=O)N2CCN(Cc3cccc(F)c3)CC2)c2nc(-c3ccco3)cc(C(F)F)c12. The summed E-state index contributed by atoms with van der Waals surface area (Å²) in [6.45, 7) is 4.47. The molecule has 182 valence electrons. The predicted molar refractivity (Wildman–Crippen MR) is 123 cm³/mol. The first kappa shape index (κ1) is 23.1. The van der Waals surface area contributed by atoms with E-state index in [1.54, 1.807) is 30.0 Å². The van der Waals surface area contributed by atoms with Crippen molar-refractivity contribution in [3.8, 4) is 11.5 Å². The third kappa shape index (κ3) is 4.79. The fourth-order valence-electron chi connectivity index (χ4n) is 4.50. The maximum atomic E-state index is 13.9. The zero-order valence-corrected chi connectivity index (χ0v) is 19.1. The maximum Gasteiger partial charge on any atom is 0.264 e. The molecule has 0 atom stereocenters. The minimum absolute atomic E-state index is 0.106. The van der Waals surface area contributed by atoms with Crippen molar-refractivity contribution in [2.45, 2.75) is 26.4 Å². The van der Waals surface area contributed by atoms with Crippen LogP contribution in [0.25, 0.3) is 22.5 Å². The van der Waals surface area contributed by atoms with Gasteiger partial charge in [-0.2, -0.15) is 5.10 Å². The Morgan fingerprint density at radius 1 is 1.11 bits per heavy atom. The van der Waals surface area contributed by atoms with Gasteiger partial charge < -0.3 is 9.32 Å². The summed E-state index contributed by atoms with van der Waals surface area (Å²) in [5.41, 5.74) is 1.57. The largest absolute Gasteiger partial charge is 0.463 e. The smallest absolute Gasteiger partial charge is 0.264 e. The highest BCUT2D eigenvalue weighted by atomic mass is 19.3. The van der Waals surface area contributed by atoms with Crippen LogP contribution in [0.3, 0.4) is 0 Å². The molecule has 0 saturated carbocycles. The van der Waals surface area contributed by atoms with Gasteiger partial charge in [-0.25, -0.2) is 22.8 Å². The quantitative estimate of drug-likeness (QED) is 0.406. The van der Waals surface area contributed by atoms with E-state index in [9.17, 15) is 18.0 Å². The summed E-state index contributed by atoms with van der Waals surface area (Å²) in [6.07, 6.45) is -1.28. The average Bonchev–Trinajstić information content (AvgIpc) is 3.48. The van der Waals surface area contributed by atoms with Crippen molar-refractivity contribution in [1.82, 2.24) is 24.6 Å². The minimum atomic E-state index is -2.73. The van der Waals surface area contributed by atoms with Crippen molar-refractivity contribution >= 4 is 16.9 Å². The summed E-state index contributed by atoms with van der Waals surface area (Å²) in [5, 5.41) is 4.62.